The fourth-order valence-corrected chi connectivity index (χ4v) is 11.9. The highest BCUT2D eigenvalue weighted by Crippen LogP contribution is 2.28. The van der Waals surface area contributed by atoms with E-state index in [1.54, 1.807) is 135 Å². The highest BCUT2D eigenvalue weighted by molar-refractivity contribution is 6.29. The third-order valence-electron chi connectivity index (χ3n) is 19.3. The van der Waals surface area contributed by atoms with Crippen LogP contribution in [0.25, 0.3) is 45.0 Å². The number of nitrogens with two attached hydrogens (primary N) is 1. The molecule has 117 heavy (non-hydrogen) atoms. The molecular formula is C93H93ClFN13O9. The van der Waals surface area contributed by atoms with E-state index in [0.717, 1.165) is 90.0 Å². The maximum absolute atomic E-state index is 12.8. The van der Waals surface area contributed by atoms with Crippen molar-refractivity contribution in [3.8, 4) is 50.9 Å². The molecule has 0 saturated carbocycles. The smallest absolute Gasteiger partial charge is 0.226 e. The minimum Gasteiger partial charge on any atom is -0.481 e. The molecule has 0 fully saturated rings. The van der Waals surface area contributed by atoms with E-state index < -0.39 is 5.95 Å². The van der Waals surface area contributed by atoms with Crippen molar-refractivity contribution >= 4 is 86.9 Å². The molecule has 22 nitrogen and oxygen atoms in total. The summed E-state index contributed by atoms with van der Waals surface area (Å²) >= 11 is 5.78. The van der Waals surface area contributed by atoms with Crippen LogP contribution in [-0.4, -0.2) is 122 Å². The first kappa shape index (κ1) is 87.4. The van der Waals surface area contributed by atoms with Crippen LogP contribution in [0.2, 0.25) is 5.15 Å². The van der Waals surface area contributed by atoms with Gasteiger partial charge in [0.1, 0.15) is 11.0 Å². The van der Waals surface area contributed by atoms with Crippen molar-refractivity contribution in [3.63, 3.8) is 0 Å². The van der Waals surface area contributed by atoms with Gasteiger partial charge in [0.2, 0.25) is 35.5 Å². The SMILES string of the molecule is CCC(=O)N(C)c1ccc(-c2ccc(C(=O)CCc3ccc(Cl)nc3)cc2)nc1.CCC(=O)N(C)c1ccc(-c2ccc(C(=O)CCc3ccc(F)nc3)cc2)nc1.CCC(=O)N(C)c1ccc(-c2ccc(C(=O)CCc3ccc(N)nc3)cc2)nc1.CCC(=O)N(C)c1ccc(-c2ccc(C(=O)CCc3ccc(OC)nc3)cc2)nc1. The minimum absolute atomic E-state index is 0.0175. The second kappa shape index (κ2) is 43.6. The Kier molecular flexibility index (Phi) is 32.6. The number of carbonyl (C=O) groups excluding carboxylic acids is 8. The molecule has 0 aliphatic heterocycles. The molecule has 598 valence electrons. The zero-order valence-corrected chi connectivity index (χ0v) is 67.7. The summed E-state index contributed by atoms with van der Waals surface area (Å²) in [4.78, 5) is 137. The number of ether oxygens (including phenoxy) is 1. The number of ketones is 4. The first-order chi connectivity index (χ1) is 56.4. The molecule has 0 saturated heterocycles. The molecule has 12 aromatic rings. The fourth-order valence-electron chi connectivity index (χ4n) is 11.8. The number of aryl methyl sites for hydroxylation is 4. The number of Topliss-reactive ketones (excluding diaryl/α,β-unsaturated/α-hetero) is 4. The Bertz CT molecular complexity index is 4890. The Morgan fingerprint density at radius 2 is 0.598 bits per heavy atom. The first-order valence-electron chi connectivity index (χ1n) is 38.3. The molecule has 0 spiro atoms. The lowest BCUT2D eigenvalue weighted by Crippen LogP contribution is -2.25. The van der Waals surface area contributed by atoms with Crippen molar-refractivity contribution in [1.82, 2.24) is 39.9 Å². The highest BCUT2D eigenvalue weighted by atomic mass is 35.5. The highest BCUT2D eigenvalue weighted by Gasteiger charge is 2.18. The van der Waals surface area contributed by atoms with Gasteiger partial charge in [-0.05, 0) is 115 Å². The van der Waals surface area contributed by atoms with E-state index in [1.165, 1.54) is 12.3 Å². The maximum atomic E-state index is 12.8. The number of anilines is 5. The molecule has 0 aliphatic carbocycles. The molecule has 8 aromatic heterocycles. The van der Waals surface area contributed by atoms with Crippen LogP contribution < -0.4 is 30.1 Å². The standard InChI is InChI=1S/C24H25N3O3.C23H22ClN3O2.C23H22FN3O2.C23H24N4O2/c1-4-24(29)27(2)20-11-12-21(25-16-20)18-7-9-19(10-8-18)22(28)13-5-17-6-14-23(30-3)26-15-17;3*1-3-23(29)27(2)19-10-11-20(25-15-19)17-6-8-18(9-7-17)21(28)12-4-16-5-13-22(24)26-14-16/h6-12,14-16H,4-5,13H2,1-3H3;2*5-11,13-15H,3-4,12H2,1-2H3;5-11,13-15H,3-4,12H2,1-2H3,(H2,24,26). The van der Waals surface area contributed by atoms with Gasteiger partial charge in [-0.15, -0.1) is 0 Å². The fraction of sp³-hybridized carbons (Fsp3) is 0.226. The molecule has 0 aliphatic rings. The van der Waals surface area contributed by atoms with Crippen LogP contribution in [-0.2, 0) is 44.9 Å². The topological polar surface area (TPSA) is 288 Å². The first-order valence-corrected chi connectivity index (χ1v) is 38.7. The van der Waals surface area contributed by atoms with Crippen LogP contribution in [0.3, 0.4) is 0 Å². The van der Waals surface area contributed by atoms with Gasteiger partial charge in [0, 0.05) is 155 Å². The van der Waals surface area contributed by atoms with Gasteiger partial charge in [0.25, 0.3) is 0 Å². The van der Waals surface area contributed by atoms with Gasteiger partial charge in [0.05, 0.1) is 77.4 Å². The number of carbonyl (C=O) groups is 8. The number of amides is 4. The number of hydrogen-bond donors (Lipinski definition) is 1. The van der Waals surface area contributed by atoms with E-state index in [9.17, 15) is 42.7 Å². The second-order valence-corrected chi connectivity index (χ2v) is 27.5. The Balaban J connectivity index is 0.000000178. The Morgan fingerprint density at radius 1 is 0.325 bits per heavy atom. The van der Waals surface area contributed by atoms with Crippen LogP contribution in [0.15, 0.2) is 244 Å². The summed E-state index contributed by atoms with van der Waals surface area (Å²) in [6.07, 6.45) is 19.0. The third kappa shape index (κ3) is 25.7. The lowest BCUT2D eigenvalue weighted by atomic mass is 10.0. The number of aromatic nitrogens is 8. The van der Waals surface area contributed by atoms with E-state index in [1.807, 2.05) is 179 Å². The molecule has 0 atom stereocenters. The number of nitrogen functional groups attached to an aromatic ring is 1. The molecule has 2 N–H and O–H groups in total. The van der Waals surface area contributed by atoms with E-state index in [4.69, 9.17) is 22.1 Å². The van der Waals surface area contributed by atoms with Crippen molar-refractivity contribution in [2.75, 3.05) is 60.6 Å². The monoisotopic (exact) mass is 1590 g/mol. The van der Waals surface area contributed by atoms with Crippen molar-refractivity contribution in [1.29, 1.82) is 0 Å². The van der Waals surface area contributed by atoms with Crippen LogP contribution >= 0.6 is 11.6 Å². The lowest BCUT2D eigenvalue weighted by molar-refractivity contribution is -0.118. The summed E-state index contributed by atoms with van der Waals surface area (Å²) in [6.45, 7) is 7.31. The van der Waals surface area contributed by atoms with Crippen molar-refractivity contribution < 1.29 is 47.5 Å². The quantitative estimate of drug-likeness (QED) is 0.0336. The van der Waals surface area contributed by atoms with Crippen LogP contribution in [0.5, 0.6) is 5.88 Å². The van der Waals surface area contributed by atoms with Crippen molar-refractivity contribution in [2.45, 2.75) is 105 Å². The third-order valence-corrected chi connectivity index (χ3v) is 19.5. The van der Waals surface area contributed by atoms with Gasteiger partial charge in [-0.25, -0.2) is 19.9 Å². The van der Waals surface area contributed by atoms with E-state index in [0.29, 0.717) is 116 Å². The number of nitrogens with zero attached hydrogens (tertiary/aromatic N) is 12. The lowest BCUT2D eigenvalue weighted by Gasteiger charge is -2.16. The number of hydrogen-bond acceptors (Lipinski definition) is 18. The summed E-state index contributed by atoms with van der Waals surface area (Å²) in [5.74, 6) is 0.911. The van der Waals surface area contributed by atoms with Crippen LogP contribution in [0, 0.1) is 5.95 Å². The predicted molar refractivity (Wildman–Crippen MR) is 457 cm³/mol. The molecule has 24 heteroatoms. The maximum Gasteiger partial charge on any atom is 0.226 e. The molecule has 12 rings (SSSR count). The van der Waals surface area contributed by atoms with Gasteiger partial charge >= 0.3 is 0 Å². The largest absolute Gasteiger partial charge is 0.481 e. The Labute approximate surface area is 686 Å². The molecule has 8 heterocycles. The molecular weight excluding hydrogens is 1500 g/mol. The van der Waals surface area contributed by atoms with Crippen LogP contribution in [0.1, 0.15) is 143 Å². The average molecular weight is 1590 g/mol. The Morgan fingerprint density at radius 3 is 0.821 bits per heavy atom. The summed E-state index contributed by atoms with van der Waals surface area (Å²) in [5.41, 5.74) is 21.8. The van der Waals surface area contributed by atoms with Crippen LogP contribution in [0.4, 0.5) is 33.0 Å². The molecule has 0 radical (unpaired) electrons. The number of methoxy groups -OCH3 is 1. The van der Waals surface area contributed by atoms with Gasteiger partial charge in [-0.3, -0.25) is 58.3 Å². The zero-order chi connectivity index (χ0) is 83.9. The summed E-state index contributed by atoms with van der Waals surface area (Å²) in [5, 5.41) is 0.445. The van der Waals surface area contributed by atoms with E-state index in [2.05, 4.69) is 39.9 Å². The van der Waals surface area contributed by atoms with E-state index in [-0.39, 0.29) is 46.8 Å². The summed E-state index contributed by atoms with van der Waals surface area (Å²) < 4.78 is 17.9. The van der Waals surface area contributed by atoms with Gasteiger partial charge in [-0.1, -0.05) is 161 Å². The van der Waals surface area contributed by atoms with Crippen molar-refractivity contribution in [2.24, 2.45) is 0 Å². The normalized spacial score (nSPS) is 10.6. The summed E-state index contributed by atoms with van der Waals surface area (Å²) in [7, 11) is 8.52. The van der Waals surface area contributed by atoms with Gasteiger partial charge in [0.15, 0.2) is 23.1 Å². The van der Waals surface area contributed by atoms with Crippen molar-refractivity contribution in [3.05, 3.63) is 299 Å². The molecule has 0 bridgehead atoms. The number of benzene rings is 4. The minimum atomic E-state index is -0.527. The molecule has 4 amide bonds. The predicted octanol–water partition coefficient (Wildman–Crippen LogP) is 17.7. The summed E-state index contributed by atoms with van der Waals surface area (Å²) in [6, 6.07) is 58.4. The average Bonchev–Trinajstić information content (AvgIpc) is 0.845. The van der Waals surface area contributed by atoms with Gasteiger partial charge < -0.3 is 30.1 Å². The number of halogens is 2. The zero-order valence-electron chi connectivity index (χ0n) is 67.0. The Hall–Kier alpha value is -13.5. The molecule has 0 unspecified atom stereocenters. The number of pyridine rings is 8. The van der Waals surface area contributed by atoms with E-state index >= 15 is 0 Å². The molecule has 4 aromatic carbocycles. The number of rotatable bonds is 29. The second-order valence-electron chi connectivity index (χ2n) is 27.1. The van der Waals surface area contributed by atoms with Gasteiger partial charge in [-0.2, -0.15) is 4.39 Å².